The van der Waals surface area contributed by atoms with E-state index in [1.807, 2.05) is 24.3 Å². The lowest BCUT2D eigenvalue weighted by atomic mass is 9.93. The number of halogens is 1. The molecule has 1 aliphatic rings. The van der Waals surface area contributed by atoms with Crippen LogP contribution in [0.25, 0.3) is 0 Å². The van der Waals surface area contributed by atoms with Crippen LogP contribution in [0.15, 0.2) is 28.7 Å². The standard InChI is InChI=1S/C17H26BrNO/c1-14(15-6-4-2-3-5-7-15)19-12-13-20-17-10-8-16(18)9-11-17/h8-11,14-15,19H,2-7,12-13H2,1H3/t14-/m0/s1. The quantitative estimate of drug-likeness (QED) is 0.595. The van der Waals surface area contributed by atoms with Gasteiger partial charge in [0.1, 0.15) is 12.4 Å². The maximum Gasteiger partial charge on any atom is 0.119 e. The minimum atomic E-state index is 0.613. The van der Waals surface area contributed by atoms with Gasteiger partial charge < -0.3 is 10.1 Å². The molecule has 2 nitrogen and oxygen atoms in total. The average Bonchev–Trinajstić information content (AvgIpc) is 2.74. The molecule has 0 radical (unpaired) electrons. The van der Waals surface area contributed by atoms with Crippen molar-refractivity contribution in [2.24, 2.45) is 5.92 Å². The molecule has 1 aromatic carbocycles. The van der Waals surface area contributed by atoms with Gasteiger partial charge in [0, 0.05) is 17.1 Å². The van der Waals surface area contributed by atoms with Gasteiger partial charge in [0.25, 0.3) is 0 Å². The van der Waals surface area contributed by atoms with E-state index in [1.54, 1.807) is 0 Å². The van der Waals surface area contributed by atoms with Crippen LogP contribution in [0.5, 0.6) is 5.75 Å². The summed E-state index contributed by atoms with van der Waals surface area (Å²) >= 11 is 3.43. The van der Waals surface area contributed by atoms with E-state index < -0.39 is 0 Å². The summed E-state index contributed by atoms with van der Waals surface area (Å²) in [6, 6.07) is 8.63. The van der Waals surface area contributed by atoms with E-state index in [2.05, 4.69) is 28.2 Å². The van der Waals surface area contributed by atoms with Gasteiger partial charge in [-0.1, -0.05) is 41.6 Å². The monoisotopic (exact) mass is 339 g/mol. The van der Waals surface area contributed by atoms with Gasteiger partial charge in [-0.3, -0.25) is 0 Å². The molecular formula is C17H26BrNO. The minimum absolute atomic E-state index is 0.613. The summed E-state index contributed by atoms with van der Waals surface area (Å²) in [7, 11) is 0. The normalized spacial score (nSPS) is 18.5. The topological polar surface area (TPSA) is 21.3 Å². The van der Waals surface area contributed by atoms with Crippen molar-refractivity contribution in [1.82, 2.24) is 5.32 Å². The summed E-state index contributed by atoms with van der Waals surface area (Å²) in [5, 5.41) is 3.63. The summed E-state index contributed by atoms with van der Waals surface area (Å²) in [5.74, 6) is 1.79. The maximum atomic E-state index is 5.74. The third-order valence-corrected chi connectivity index (χ3v) is 4.79. The molecule has 112 valence electrons. The SMILES string of the molecule is C[C@H](NCCOc1ccc(Br)cc1)C1CCCCCC1. The number of hydrogen-bond donors (Lipinski definition) is 1. The number of benzene rings is 1. The van der Waals surface area contributed by atoms with E-state index in [0.29, 0.717) is 6.04 Å². The molecule has 1 saturated carbocycles. The Morgan fingerprint density at radius 1 is 1.15 bits per heavy atom. The Kier molecular flexibility index (Phi) is 6.88. The van der Waals surface area contributed by atoms with E-state index in [1.165, 1.54) is 38.5 Å². The molecule has 1 N–H and O–H groups in total. The summed E-state index contributed by atoms with van der Waals surface area (Å²) in [6.45, 7) is 3.99. The van der Waals surface area contributed by atoms with Gasteiger partial charge in [0.05, 0.1) is 0 Å². The molecule has 0 heterocycles. The molecule has 1 fully saturated rings. The first-order chi connectivity index (χ1) is 9.75. The molecule has 0 unspecified atom stereocenters. The summed E-state index contributed by atoms with van der Waals surface area (Å²) in [4.78, 5) is 0. The molecule has 2 rings (SSSR count). The smallest absolute Gasteiger partial charge is 0.119 e. The van der Waals surface area contributed by atoms with Crippen molar-refractivity contribution < 1.29 is 4.74 Å². The van der Waals surface area contributed by atoms with Crippen molar-refractivity contribution >= 4 is 15.9 Å². The van der Waals surface area contributed by atoms with Crippen LogP contribution < -0.4 is 10.1 Å². The Balaban J connectivity index is 1.63. The summed E-state index contributed by atoms with van der Waals surface area (Å²) in [5.41, 5.74) is 0. The zero-order valence-corrected chi connectivity index (χ0v) is 14.0. The van der Waals surface area contributed by atoms with E-state index in [9.17, 15) is 0 Å². The Bertz CT molecular complexity index is 371. The van der Waals surface area contributed by atoms with Crippen molar-refractivity contribution in [3.8, 4) is 5.75 Å². The Morgan fingerprint density at radius 2 is 1.80 bits per heavy atom. The molecule has 3 heteroatoms. The highest BCUT2D eigenvalue weighted by atomic mass is 79.9. The molecule has 1 aliphatic carbocycles. The summed E-state index contributed by atoms with van der Waals surface area (Å²) < 4.78 is 6.83. The van der Waals surface area contributed by atoms with Gasteiger partial charge in [-0.2, -0.15) is 0 Å². The predicted octanol–water partition coefficient (Wildman–Crippen LogP) is 4.78. The molecule has 0 bridgehead atoms. The van der Waals surface area contributed by atoms with Crippen molar-refractivity contribution in [2.75, 3.05) is 13.2 Å². The predicted molar refractivity (Wildman–Crippen MR) is 88.3 cm³/mol. The highest BCUT2D eigenvalue weighted by molar-refractivity contribution is 9.10. The maximum absolute atomic E-state index is 5.74. The number of rotatable bonds is 6. The van der Waals surface area contributed by atoms with Gasteiger partial charge in [-0.15, -0.1) is 0 Å². The van der Waals surface area contributed by atoms with Gasteiger partial charge in [0.15, 0.2) is 0 Å². The molecule has 0 aromatic heterocycles. The van der Waals surface area contributed by atoms with Crippen molar-refractivity contribution in [3.63, 3.8) is 0 Å². The van der Waals surface area contributed by atoms with E-state index in [0.717, 1.165) is 29.3 Å². The molecule has 0 aliphatic heterocycles. The van der Waals surface area contributed by atoms with Crippen molar-refractivity contribution in [1.29, 1.82) is 0 Å². The molecule has 0 saturated heterocycles. The molecule has 20 heavy (non-hydrogen) atoms. The Labute approximate surface area is 131 Å². The van der Waals surface area contributed by atoms with Crippen LogP contribution >= 0.6 is 15.9 Å². The van der Waals surface area contributed by atoms with E-state index in [4.69, 9.17) is 4.74 Å². The van der Waals surface area contributed by atoms with Crippen molar-refractivity contribution in [3.05, 3.63) is 28.7 Å². The van der Waals surface area contributed by atoms with Crippen LogP contribution in [-0.2, 0) is 0 Å². The zero-order valence-electron chi connectivity index (χ0n) is 12.4. The van der Waals surface area contributed by atoms with E-state index >= 15 is 0 Å². The first-order valence-corrected chi connectivity index (χ1v) is 8.67. The van der Waals surface area contributed by atoms with Crippen LogP contribution in [-0.4, -0.2) is 19.2 Å². The second-order valence-corrected chi connectivity index (χ2v) is 6.71. The lowest BCUT2D eigenvalue weighted by molar-refractivity contribution is 0.280. The highest BCUT2D eigenvalue weighted by Gasteiger charge is 2.18. The second kappa shape index (κ2) is 8.68. The van der Waals surface area contributed by atoms with Crippen LogP contribution in [0, 0.1) is 5.92 Å². The van der Waals surface area contributed by atoms with Crippen molar-refractivity contribution in [2.45, 2.75) is 51.5 Å². The number of nitrogens with one attached hydrogen (secondary N) is 1. The van der Waals surface area contributed by atoms with Gasteiger partial charge in [-0.25, -0.2) is 0 Å². The third-order valence-electron chi connectivity index (χ3n) is 4.26. The van der Waals surface area contributed by atoms with Crippen LogP contribution in [0.3, 0.4) is 0 Å². The van der Waals surface area contributed by atoms with Gasteiger partial charge in [0.2, 0.25) is 0 Å². The molecular weight excluding hydrogens is 314 g/mol. The molecule has 0 amide bonds. The van der Waals surface area contributed by atoms with E-state index in [-0.39, 0.29) is 0 Å². The third kappa shape index (κ3) is 5.45. The average molecular weight is 340 g/mol. The minimum Gasteiger partial charge on any atom is -0.492 e. The molecule has 1 aromatic rings. The second-order valence-electron chi connectivity index (χ2n) is 5.80. The van der Waals surface area contributed by atoms with Crippen LogP contribution in [0.2, 0.25) is 0 Å². The first-order valence-electron chi connectivity index (χ1n) is 7.87. The fraction of sp³-hybridized carbons (Fsp3) is 0.647. The fourth-order valence-electron chi connectivity index (χ4n) is 2.96. The Morgan fingerprint density at radius 3 is 2.45 bits per heavy atom. The first kappa shape index (κ1) is 15.8. The zero-order chi connectivity index (χ0) is 14.2. The Hall–Kier alpha value is -0.540. The van der Waals surface area contributed by atoms with Gasteiger partial charge >= 0.3 is 0 Å². The lowest BCUT2D eigenvalue weighted by Gasteiger charge is -2.23. The summed E-state index contributed by atoms with van der Waals surface area (Å²) in [6.07, 6.45) is 8.45. The van der Waals surface area contributed by atoms with Crippen LogP contribution in [0.4, 0.5) is 0 Å². The highest BCUT2D eigenvalue weighted by Crippen LogP contribution is 2.25. The molecule has 1 atom stereocenters. The fourth-order valence-corrected chi connectivity index (χ4v) is 3.23. The lowest BCUT2D eigenvalue weighted by Crippen LogP contribution is -2.36. The largest absolute Gasteiger partial charge is 0.492 e. The molecule has 0 spiro atoms. The number of hydrogen-bond acceptors (Lipinski definition) is 2. The number of ether oxygens (including phenoxy) is 1. The van der Waals surface area contributed by atoms with Gasteiger partial charge in [-0.05, 0) is 49.9 Å². The van der Waals surface area contributed by atoms with Crippen LogP contribution in [0.1, 0.15) is 45.4 Å².